The Bertz CT molecular complexity index is 1850. The number of hydrogen-bond acceptors (Lipinski definition) is 6. The Morgan fingerprint density at radius 1 is 1.15 bits per heavy atom. The normalized spacial score (nSPS) is 23.7. The maximum absolute atomic E-state index is 12.1. The van der Waals surface area contributed by atoms with Crippen molar-refractivity contribution in [1.29, 1.82) is 0 Å². The van der Waals surface area contributed by atoms with Crippen LogP contribution in [0.15, 0.2) is 53.1 Å². The summed E-state index contributed by atoms with van der Waals surface area (Å²) in [5.41, 5.74) is 8.51. The lowest BCUT2D eigenvalue weighted by Crippen LogP contribution is -2.46. The lowest BCUT2D eigenvalue weighted by atomic mass is 9.58. The number of nitrogens with zero attached hydrogens (tertiary/aromatic N) is 2. The number of aliphatic carboxylic acids is 1. The van der Waals surface area contributed by atoms with Crippen molar-refractivity contribution in [2.24, 2.45) is 5.92 Å². The van der Waals surface area contributed by atoms with Gasteiger partial charge in [-0.3, -0.25) is 4.79 Å². The first kappa shape index (κ1) is 32.1. The largest absolute Gasteiger partial charge is 0.744 e. The van der Waals surface area contributed by atoms with Gasteiger partial charge in [0.25, 0.3) is 0 Å². The fourth-order valence-electron chi connectivity index (χ4n) is 9.07. The summed E-state index contributed by atoms with van der Waals surface area (Å²) in [5.74, 6) is 1.25. The standard InChI is InChI=1S/C38H46N2O6S/c1-24(2)21-25-14-19-39-17-8-9-26-22-30-35(33(25)34(26)39)46-20-16-38(30)15-13-28(38)36-37(3,4)29-23-27(47(43,44)45)11-12-31(29)40(36)18-7-5-6-10-32(41)42/h11-13,16,20,22-25H,5-10,14-15,17-19,21H2,1-4H3,(H-,41,42,43,44,45). The monoisotopic (exact) mass is 658 g/mol. The lowest BCUT2D eigenvalue weighted by Gasteiger charge is -2.47. The Labute approximate surface area is 278 Å². The number of carboxylic acids is 1. The predicted octanol–water partition coefficient (Wildman–Crippen LogP) is 7.07. The highest BCUT2D eigenvalue weighted by atomic mass is 32.2. The summed E-state index contributed by atoms with van der Waals surface area (Å²) in [4.78, 5) is 13.5. The second kappa shape index (κ2) is 11.6. The Hall–Kier alpha value is -3.43. The molecule has 250 valence electrons. The van der Waals surface area contributed by atoms with Crippen LogP contribution in [0.25, 0.3) is 0 Å². The number of benzene rings is 2. The first-order valence-electron chi connectivity index (χ1n) is 17.3. The van der Waals surface area contributed by atoms with Crippen LogP contribution in [0.1, 0.15) is 107 Å². The fraction of sp³-hybridized carbons (Fsp3) is 0.526. The third-order valence-electron chi connectivity index (χ3n) is 11.2. The van der Waals surface area contributed by atoms with Crippen molar-refractivity contribution >= 4 is 33.2 Å². The molecule has 0 bridgehead atoms. The molecule has 1 spiro atoms. The van der Waals surface area contributed by atoms with Crippen molar-refractivity contribution in [1.82, 2.24) is 0 Å². The summed E-state index contributed by atoms with van der Waals surface area (Å²) in [7, 11) is -4.63. The average molecular weight is 659 g/mol. The van der Waals surface area contributed by atoms with E-state index in [4.69, 9.17) is 9.84 Å². The minimum atomic E-state index is -4.63. The molecular weight excluding hydrogens is 612 g/mol. The number of ether oxygens (including phenoxy) is 1. The summed E-state index contributed by atoms with van der Waals surface area (Å²) in [5, 5.41) is 9.16. The molecule has 0 saturated heterocycles. The second-order valence-corrected chi connectivity index (χ2v) is 16.4. The summed E-state index contributed by atoms with van der Waals surface area (Å²) in [6, 6.07) is 7.18. The molecule has 8 nitrogen and oxygen atoms in total. The average Bonchev–Trinajstić information content (AvgIpc) is 3.21. The molecule has 2 atom stereocenters. The van der Waals surface area contributed by atoms with Crippen molar-refractivity contribution in [3.05, 3.63) is 70.5 Å². The van der Waals surface area contributed by atoms with Crippen molar-refractivity contribution in [2.75, 3.05) is 24.5 Å². The molecule has 0 fully saturated rings. The number of carboxylic acid groups (broad SMARTS) is 1. The molecule has 5 aliphatic rings. The van der Waals surface area contributed by atoms with Crippen LogP contribution >= 0.6 is 0 Å². The van der Waals surface area contributed by atoms with Crippen LogP contribution < -0.4 is 9.64 Å². The molecule has 0 saturated carbocycles. The first-order valence-corrected chi connectivity index (χ1v) is 18.7. The molecule has 2 aromatic carbocycles. The molecule has 2 aromatic rings. The highest BCUT2D eigenvalue weighted by Gasteiger charge is 2.56. The molecular formula is C38H46N2O6S. The van der Waals surface area contributed by atoms with Gasteiger partial charge in [0, 0.05) is 59.9 Å². The van der Waals surface area contributed by atoms with E-state index in [0.717, 1.165) is 80.7 Å². The van der Waals surface area contributed by atoms with Gasteiger partial charge in [-0.1, -0.05) is 19.9 Å². The van der Waals surface area contributed by atoms with E-state index in [2.05, 4.69) is 55.4 Å². The number of rotatable bonds is 10. The Morgan fingerprint density at radius 3 is 2.66 bits per heavy atom. The van der Waals surface area contributed by atoms with Crippen molar-refractivity contribution in [3.8, 4) is 5.75 Å². The van der Waals surface area contributed by atoms with E-state index < -0.39 is 21.5 Å². The molecule has 9 heteroatoms. The highest BCUT2D eigenvalue weighted by Crippen LogP contribution is 2.59. The summed E-state index contributed by atoms with van der Waals surface area (Å²) < 4.78 is 45.2. The van der Waals surface area contributed by atoms with Gasteiger partial charge in [0.15, 0.2) is 5.71 Å². The SMILES string of the molecule is CC(C)CC1CCN2CCCc3cc4c(c1c32)OC=CC41CC=C1C1=[N+](CCCCCC(=O)O)c2ccc(S(=O)(=O)[O-])cc2C1(C)C. The van der Waals surface area contributed by atoms with Crippen LogP contribution in [0.5, 0.6) is 5.75 Å². The molecule has 4 heterocycles. The third-order valence-corrected chi connectivity index (χ3v) is 12.0. The lowest BCUT2D eigenvalue weighted by molar-refractivity contribution is -0.439. The zero-order chi connectivity index (χ0) is 33.3. The van der Waals surface area contributed by atoms with Crippen LogP contribution in [0.4, 0.5) is 11.4 Å². The van der Waals surface area contributed by atoms with Gasteiger partial charge in [0.2, 0.25) is 5.69 Å². The van der Waals surface area contributed by atoms with Crippen LogP contribution in [-0.2, 0) is 32.2 Å². The summed E-state index contributed by atoms with van der Waals surface area (Å²) >= 11 is 0. The summed E-state index contributed by atoms with van der Waals surface area (Å²) in [6.07, 6.45) is 14.0. The Balaban J connectivity index is 1.36. The molecule has 1 N–H and O–H groups in total. The van der Waals surface area contributed by atoms with Crippen molar-refractivity contribution in [2.45, 2.75) is 107 Å². The van der Waals surface area contributed by atoms with Crippen molar-refractivity contribution < 1.29 is 32.2 Å². The number of carbonyl (C=O) groups is 1. The molecule has 1 aliphatic carbocycles. The Kier molecular flexibility index (Phi) is 7.94. The van der Waals surface area contributed by atoms with Gasteiger partial charge in [-0.15, -0.1) is 0 Å². The number of anilines is 1. The smallest absolute Gasteiger partial charge is 0.303 e. The van der Waals surface area contributed by atoms with E-state index in [-0.39, 0.29) is 16.7 Å². The number of fused-ring (bicyclic) bond motifs is 4. The van der Waals surface area contributed by atoms with Crippen LogP contribution in [0.3, 0.4) is 0 Å². The van der Waals surface area contributed by atoms with Gasteiger partial charge in [0.05, 0.1) is 22.0 Å². The van der Waals surface area contributed by atoms with E-state index in [1.165, 1.54) is 34.0 Å². The number of aryl methyl sites for hydroxylation is 1. The van der Waals surface area contributed by atoms with Gasteiger partial charge in [0.1, 0.15) is 22.4 Å². The third kappa shape index (κ3) is 5.25. The van der Waals surface area contributed by atoms with E-state index in [1.54, 1.807) is 12.1 Å². The van der Waals surface area contributed by atoms with Gasteiger partial charge in [-0.2, -0.15) is 4.58 Å². The number of hydrogen-bond donors (Lipinski definition) is 1. The van der Waals surface area contributed by atoms with E-state index in [1.807, 2.05) is 6.26 Å². The first-order chi connectivity index (χ1) is 22.3. The molecule has 0 radical (unpaired) electrons. The van der Waals surface area contributed by atoms with E-state index in [0.29, 0.717) is 24.8 Å². The Morgan fingerprint density at radius 2 is 1.96 bits per heavy atom. The minimum Gasteiger partial charge on any atom is -0.744 e. The van der Waals surface area contributed by atoms with Crippen molar-refractivity contribution in [3.63, 3.8) is 0 Å². The van der Waals surface area contributed by atoms with Gasteiger partial charge in [-0.05, 0) is 100 Å². The van der Waals surface area contributed by atoms with Gasteiger partial charge >= 0.3 is 5.97 Å². The van der Waals surface area contributed by atoms with Gasteiger partial charge in [-0.25, -0.2) is 8.42 Å². The zero-order valence-electron chi connectivity index (χ0n) is 28.0. The molecule has 47 heavy (non-hydrogen) atoms. The molecule has 2 unspecified atom stereocenters. The fourth-order valence-corrected chi connectivity index (χ4v) is 9.57. The highest BCUT2D eigenvalue weighted by molar-refractivity contribution is 7.85. The molecule has 0 amide bonds. The predicted molar refractivity (Wildman–Crippen MR) is 181 cm³/mol. The van der Waals surface area contributed by atoms with Crippen LogP contribution in [0.2, 0.25) is 0 Å². The summed E-state index contributed by atoms with van der Waals surface area (Å²) in [6.45, 7) is 11.7. The topological polar surface area (TPSA) is 110 Å². The zero-order valence-corrected chi connectivity index (χ0v) is 28.8. The maximum atomic E-state index is 12.1. The minimum absolute atomic E-state index is 0.140. The van der Waals surface area contributed by atoms with E-state index >= 15 is 0 Å². The quantitative estimate of drug-likeness (QED) is 0.165. The number of unbranched alkanes of at least 4 members (excludes halogenated alkanes) is 2. The van der Waals surface area contributed by atoms with Crippen LogP contribution in [-0.4, -0.2) is 54.0 Å². The number of allylic oxidation sites excluding steroid dienone is 3. The van der Waals surface area contributed by atoms with Gasteiger partial charge < -0.3 is 19.3 Å². The molecule has 7 rings (SSSR count). The molecule has 0 aromatic heterocycles. The molecule has 4 aliphatic heterocycles. The second-order valence-electron chi connectivity index (χ2n) is 15.1. The van der Waals surface area contributed by atoms with Crippen LogP contribution in [0, 0.1) is 5.92 Å². The van der Waals surface area contributed by atoms with E-state index in [9.17, 15) is 17.8 Å². The maximum Gasteiger partial charge on any atom is 0.303 e.